The molecule has 1 aromatic heterocycles. The number of hydrogen-bond acceptors (Lipinski definition) is 9. The summed E-state index contributed by atoms with van der Waals surface area (Å²) in [5.74, 6) is -2.66. The van der Waals surface area contributed by atoms with Crippen LogP contribution in [0.15, 0.2) is 101 Å². The lowest BCUT2D eigenvalue weighted by Crippen LogP contribution is -2.32. The van der Waals surface area contributed by atoms with E-state index in [1.165, 1.54) is 24.3 Å². The maximum Gasteiger partial charge on any atom is 0.305 e. The van der Waals surface area contributed by atoms with Crippen molar-refractivity contribution in [2.45, 2.75) is 16.2 Å². The van der Waals surface area contributed by atoms with Gasteiger partial charge in [0.05, 0.1) is 21.6 Å². The van der Waals surface area contributed by atoms with Crippen LogP contribution in [0.3, 0.4) is 0 Å². The second-order valence-electron chi connectivity index (χ2n) is 10.5. The molecule has 4 aromatic carbocycles. The lowest BCUT2D eigenvalue weighted by molar-refractivity contribution is -0.384. The zero-order valence-corrected chi connectivity index (χ0v) is 24.8. The number of hydrogen-bond donors (Lipinski definition) is 2. The van der Waals surface area contributed by atoms with Gasteiger partial charge in [0.2, 0.25) is 11.8 Å². The van der Waals surface area contributed by atoms with Crippen molar-refractivity contribution in [1.29, 1.82) is 0 Å². The van der Waals surface area contributed by atoms with Crippen molar-refractivity contribution < 1.29 is 24.0 Å². The Morgan fingerprint density at radius 1 is 0.933 bits per heavy atom. The van der Waals surface area contributed by atoms with E-state index in [-0.39, 0.29) is 28.8 Å². The largest absolute Gasteiger partial charge is 0.483 e. The van der Waals surface area contributed by atoms with E-state index < -0.39 is 33.8 Å². The number of carbonyl (C=O) groups is 3. The van der Waals surface area contributed by atoms with Gasteiger partial charge in [0, 0.05) is 34.2 Å². The van der Waals surface area contributed by atoms with Gasteiger partial charge < -0.3 is 15.0 Å². The Labute approximate surface area is 263 Å². The average Bonchev–Trinajstić information content (AvgIpc) is 3.54. The number of thioether (sulfide) groups is 1. The number of ether oxygens (including phenoxy) is 1. The molecule has 0 bridgehead atoms. The minimum absolute atomic E-state index is 0.169. The van der Waals surface area contributed by atoms with Crippen molar-refractivity contribution in [2.75, 3.05) is 16.8 Å². The zero-order valence-electron chi connectivity index (χ0n) is 23.2. The number of anilines is 2. The number of nitro benzene ring substituents is 1. The van der Waals surface area contributed by atoms with Crippen LogP contribution in [0.4, 0.5) is 17.1 Å². The molecule has 0 radical (unpaired) electrons. The van der Waals surface area contributed by atoms with E-state index in [2.05, 4.69) is 10.3 Å². The van der Waals surface area contributed by atoms with Gasteiger partial charge in [-0.3, -0.25) is 29.3 Å². The smallest absolute Gasteiger partial charge is 0.305 e. The SMILES string of the molecule is O=C(COc1ccccc1[C@@H]1c2sc(=O)[nH]c2S[C@H]2C(=O)N(c3ccc([N+](=O)[O-])cc3)C(=O)[C@@H]12)Nc1ccc2ccccc2c1. The van der Waals surface area contributed by atoms with Gasteiger partial charge in [0.15, 0.2) is 6.61 Å². The van der Waals surface area contributed by atoms with Crippen molar-refractivity contribution in [3.8, 4) is 5.75 Å². The van der Waals surface area contributed by atoms with Crippen LogP contribution < -0.4 is 19.8 Å². The minimum Gasteiger partial charge on any atom is -0.483 e. The van der Waals surface area contributed by atoms with Gasteiger partial charge >= 0.3 is 4.87 Å². The van der Waals surface area contributed by atoms with Crippen molar-refractivity contribution in [2.24, 2.45) is 5.92 Å². The minimum atomic E-state index is -0.896. The van der Waals surface area contributed by atoms with Gasteiger partial charge in [0.25, 0.3) is 11.6 Å². The molecule has 1 fully saturated rings. The number of H-pyrrole nitrogens is 1. The molecule has 45 heavy (non-hydrogen) atoms. The van der Waals surface area contributed by atoms with Crippen LogP contribution in [0.2, 0.25) is 0 Å². The number of fused-ring (bicyclic) bond motifs is 3. The highest BCUT2D eigenvalue weighted by Crippen LogP contribution is 2.54. The predicted molar refractivity (Wildman–Crippen MR) is 170 cm³/mol. The summed E-state index contributed by atoms with van der Waals surface area (Å²) < 4.78 is 6.02. The van der Waals surface area contributed by atoms with Gasteiger partial charge in [0.1, 0.15) is 11.0 Å². The van der Waals surface area contributed by atoms with E-state index in [9.17, 15) is 29.3 Å². The van der Waals surface area contributed by atoms with E-state index in [1.807, 2.05) is 42.5 Å². The predicted octanol–water partition coefficient (Wildman–Crippen LogP) is 5.31. The quantitative estimate of drug-likeness (QED) is 0.138. The summed E-state index contributed by atoms with van der Waals surface area (Å²) >= 11 is 2.08. The lowest BCUT2D eigenvalue weighted by Gasteiger charge is -2.30. The number of carbonyl (C=O) groups excluding carboxylic acids is 3. The van der Waals surface area contributed by atoms with Crippen LogP contribution >= 0.6 is 23.1 Å². The van der Waals surface area contributed by atoms with Crippen molar-refractivity contribution >= 4 is 68.7 Å². The Balaban J connectivity index is 1.18. The van der Waals surface area contributed by atoms with Gasteiger partial charge in [-0.15, -0.1) is 0 Å². The Morgan fingerprint density at radius 2 is 1.67 bits per heavy atom. The highest BCUT2D eigenvalue weighted by atomic mass is 32.2. The second-order valence-corrected chi connectivity index (χ2v) is 12.6. The van der Waals surface area contributed by atoms with Gasteiger partial charge in [-0.25, -0.2) is 4.90 Å². The molecule has 2 aliphatic rings. The fourth-order valence-electron chi connectivity index (χ4n) is 5.81. The summed E-state index contributed by atoms with van der Waals surface area (Å²) in [4.78, 5) is 67.8. The number of aromatic nitrogens is 1. The fourth-order valence-corrected chi connectivity index (χ4v) is 8.31. The number of nitrogens with zero attached hydrogens (tertiary/aromatic N) is 2. The Bertz CT molecular complexity index is 2070. The molecule has 0 unspecified atom stereocenters. The molecule has 3 atom stereocenters. The molecule has 1 saturated heterocycles. The molecule has 11 nitrogen and oxygen atoms in total. The summed E-state index contributed by atoms with van der Waals surface area (Å²) in [5.41, 5.74) is 1.22. The summed E-state index contributed by atoms with van der Waals surface area (Å²) in [6.07, 6.45) is 0. The number of rotatable bonds is 7. The molecule has 3 amide bonds. The molecule has 224 valence electrons. The number of aromatic amines is 1. The van der Waals surface area contributed by atoms with Crippen LogP contribution in [0.5, 0.6) is 5.75 Å². The monoisotopic (exact) mass is 638 g/mol. The summed E-state index contributed by atoms with van der Waals surface area (Å²) in [7, 11) is 0. The Morgan fingerprint density at radius 3 is 2.44 bits per heavy atom. The van der Waals surface area contributed by atoms with E-state index in [4.69, 9.17) is 4.74 Å². The maximum atomic E-state index is 14.0. The summed E-state index contributed by atoms with van der Waals surface area (Å²) in [5, 5.41) is 15.6. The molecule has 5 aromatic rings. The molecular formula is C32H22N4O7S2. The molecule has 13 heteroatoms. The highest BCUT2D eigenvalue weighted by Gasteiger charge is 2.56. The maximum absolute atomic E-state index is 14.0. The van der Waals surface area contributed by atoms with Gasteiger partial charge in [-0.05, 0) is 41.1 Å². The third kappa shape index (κ3) is 5.15. The molecule has 0 aliphatic carbocycles. The summed E-state index contributed by atoms with van der Waals surface area (Å²) in [6.45, 7) is -0.322. The number of benzene rings is 4. The van der Waals surface area contributed by atoms with E-state index in [1.54, 1.807) is 24.3 Å². The van der Waals surface area contributed by atoms with E-state index in [0.717, 1.165) is 38.8 Å². The van der Waals surface area contributed by atoms with Crippen molar-refractivity contribution in [1.82, 2.24) is 4.98 Å². The molecular weight excluding hydrogens is 617 g/mol. The van der Waals surface area contributed by atoms with E-state index >= 15 is 0 Å². The number of thiazole rings is 1. The average molecular weight is 639 g/mol. The van der Waals surface area contributed by atoms with Gasteiger partial charge in [-0.2, -0.15) is 0 Å². The number of nitrogens with one attached hydrogen (secondary N) is 2. The lowest BCUT2D eigenvalue weighted by atomic mass is 9.82. The number of imide groups is 1. The normalized spacial score (nSPS) is 18.8. The fraction of sp³-hybridized carbons (Fsp3) is 0.125. The zero-order chi connectivity index (χ0) is 31.2. The van der Waals surface area contributed by atoms with E-state index in [0.29, 0.717) is 26.9 Å². The highest BCUT2D eigenvalue weighted by molar-refractivity contribution is 8.00. The summed E-state index contributed by atoms with van der Waals surface area (Å²) in [6, 6.07) is 25.5. The van der Waals surface area contributed by atoms with Crippen molar-refractivity contribution in [3.63, 3.8) is 0 Å². The first-order chi connectivity index (χ1) is 21.8. The third-order valence-corrected chi connectivity index (χ3v) is 10.2. The topological polar surface area (TPSA) is 152 Å². The molecule has 2 aliphatic heterocycles. The molecule has 3 heterocycles. The Kier molecular flexibility index (Phi) is 7.18. The number of amides is 3. The van der Waals surface area contributed by atoms with Crippen LogP contribution in [0.25, 0.3) is 10.8 Å². The van der Waals surface area contributed by atoms with Crippen LogP contribution in [0.1, 0.15) is 16.4 Å². The first-order valence-electron chi connectivity index (χ1n) is 13.8. The Hall–Kier alpha value is -5.27. The number of non-ortho nitro benzene ring substituents is 1. The number of nitro groups is 1. The van der Waals surface area contributed by atoms with Crippen LogP contribution in [-0.4, -0.2) is 39.5 Å². The second kappa shape index (κ2) is 11.3. The van der Waals surface area contributed by atoms with Crippen LogP contribution in [0, 0.1) is 16.0 Å². The standard InChI is InChI=1S/C32H22N4O7S2/c37-24(33-19-10-9-17-5-1-2-6-18(17)15-19)16-43-23-8-4-3-7-22(23)25-26-28(44-29-27(25)45-32(40)34-29)31(39)35(30(26)38)20-11-13-21(14-12-20)36(41)42/h1-15,25-26,28H,16H2,(H,33,37)(H,34,40)/t25-,26-,28+/m0/s1. The molecule has 7 rings (SSSR count). The number of para-hydroxylation sites is 1. The van der Waals surface area contributed by atoms with Crippen molar-refractivity contribution in [3.05, 3.63) is 121 Å². The first-order valence-corrected chi connectivity index (χ1v) is 15.5. The van der Waals surface area contributed by atoms with Crippen LogP contribution in [-0.2, 0) is 14.4 Å². The molecule has 0 spiro atoms. The first kappa shape index (κ1) is 28.5. The third-order valence-electron chi connectivity index (χ3n) is 7.79. The molecule has 0 saturated carbocycles. The molecule has 2 N–H and O–H groups in total. The van der Waals surface area contributed by atoms with Gasteiger partial charge in [-0.1, -0.05) is 71.6 Å².